The third-order valence-corrected chi connectivity index (χ3v) is 5.37. The highest BCUT2D eigenvalue weighted by Gasteiger charge is 2.51. The number of aliphatic carboxylic acids is 1. The van der Waals surface area contributed by atoms with Crippen molar-refractivity contribution in [2.45, 2.75) is 11.7 Å². The van der Waals surface area contributed by atoms with Crippen LogP contribution in [0.2, 0.25) is 0 Å². The molecule has 3 aromatic carbocycles. The van der Waals surface area contributed by atoms with Crippen molar-refractivity contribution in [3.05, 3.63) is 90.0 Å². The van der Waals surface area contributed by atoms with Crippen LogP contribution in [0.4, 0.5) is 13.2 Å². The predicted octanol–water partition coefficient (Wildman–Crippen LogP) is 4.03. The van der Waals surface area contributed by atoms with Crippen molar-refractivity contribution in [2.24, 2.45) is 10.7 Å². The maximum atomic E-state index is 13.4. The molecule has 0 radical (unpaired) electrons. The van der Waals surface area contributed by atoms with Gasteiger partial charge in [0.1, 0.15) is 5.75 Å². The molecule has 35 heavy (non-hydrogen) atoms. The first-order valence-corrected chi connectivity index (χ1v) is 10.3. The number of para-hydroxylation sites is 1. The molecule has 1 atom stereocenters. The Morgan fingerprint density at radius 1 is 1.00 bits per heavy atom. The quantitative estimate of drug-likeness (QED) is 0.581. The number of methoxy groups -OCH3 is 1. The number of guanidine groups is 1. The second-order valence-electron chi connectivity index (χ2n) is 7.47. The van der Waals surface area contributed by atoms with Gasteiger partial charge in [-0.15, -0.1) is 0 Å². The van der Waals surface area contributed by atoms with E-state index in [0.717, 1.165) is 16.7 Å². The van der Waals surface area contributed by atoms with Crippen LogP contribution < -0.4 is 10.5 Å². The summed E-state index contributed by atoms with van der Waals surface area (Å²) in [6, 6.07) is 25.2. The van der Waals surface area contributed by atoms with E-state index in [9.17, 15) is 18.0 Å². The van der Waals surface area contributed by atoms with Crippen LogP contribution in [0.15, 0.2) is 83.9 Å². The van der Waals surface area contributed by atoms with Crippen LogP contribution in [-0.2, 0) is 15.1 Å². The van der Waals surface area contributed by atoms with Crippen molar-refractivity contribution in [2.75, 3.05) is 14.2 Å². The van der Waals surface area contributed by atoms with Crippen LogP contribution in [0.25, 0.3) is 11.1 Å². The van der Waals surface area contributed by atoms with Gasteiger partial charge in [-0.25, -0.2) is 9.79 Å². The molecule has 7 nitrogen and oxygen atoms in total. The Bertz CT molecular complexity index is 1250. The second-order valence-corrected chi connectivity index (χ2v) is 7.47. The van der Waals surface area contributed by atoms with E-state index in [1.807, 2.05) is 78.9 Å². The van der Waals surface area contributed by atoms with Gasteiger partial charge in [-0.05, 0) is 11.1 Å². The molecule has 1 heterocycles. The van der Waals surface area contributed by atoms with Gasteiger partial charge in [-0.1, -0.05) is 78.9 Å². The van der Waals surface area contributed by atoms with E-state index in [0.29, 0.717) is 11.3 Å². The molecule has 4 rings (SSSR count). The molecule has 1 aliphatic heterocycles. The smallest absolute Gasteiger partial charge is 0.490 e. The summed E-state index contributed by atoms with van der Waals surface area (Å²) in [5.41, 5.74) is 8.10. The van der Waals surface area contributed by atoms with E-state index in [-0.39, 0.29) is 11.9 Å². The molecule has 3 aromatic rings. The fourth-order valence-corrected chi connectivity index (χ4v) is 3.73. The SMILES string of the molecule is COc1c(-c2ccccc2)cccc1C1(c2ccccc2)N=C(N)N(C)C1=O.O=C(O)C(F)(F)F. The van der Waals surface area contributed by atoms with Crippen LogP contribution in [-0.4, -0.2) is 48.2 Å². The number of halogens is 3. The molecule has 0 bridgehead atoms. The molecule has 1 aliphatic rings. The molecule has 0 spiro atoms. The number of amides is 1. The molecule has 0 saturated carbocycles. The normalized spacial score (nSPS) is 17.3. The molecule has 3 N–H and O–H groups in total. The maximum Gasteiger partial charge on any atom is 0.490 e. The van der Waals surface area contributed by atoms with Crippen LogP contribution >= 0.6 is 0 Å². The first-order valence-electron chi connectivity index (χ1n) is 10.3. The van der Waals surface area contributed by atoms with Gasteiger partial charge in [0.2, 0.25) is 0 Å². The van der Waals surface area contributed by atoms with E-state index in [4.69, 9.17) is 20.4 Å². The van der Waals surface area contributed by atoms with E-state index < -0.39 is 17.7 Å². The van der Waals surface area contributed by atoms with Crippen LogP contribution in [0.3, 0.4) is 0 Å². The second kappa shape index (κ2) is 9.88. The molecule has 0 saturated heterocycles. The monoisotopic (exact) mass is 485 g/mol. The summed E-state index contributed by atoms with van der Waals surface area (Å²) in [5.74, 6) is -2.18. The number of nitrogens with two attached hydrogens (primary N) is 1. The number of likely N-dealkylation sites (N-methyl/N-ethyl adjacent to an activating group) is 1. The summed E-state index contributed by atoms with van der Waals surface area (Å²) in [5, 5.41) is 7.12. The average Bonchev–Trinajstić information content (AvgIpc) is 3.09. The van der Waals surface area contributed by atoms with Gasteiger partial charge in [0.05, 0.1) is 7.11 Å². The fourth-order valence-electron chi connectivity index (χ4n) is 3.73. The standard InChI is InChI=1S/C23H21N3O2.C2HF3O2/c1-26-21(27)23(25-22(26)24,17-12-7-4-8-13-17)19-15-9-14-18(20(19)28-2)16-10-5-3-6-11-16;3-2(4,5)1(6)7/h3-15H,1-2H3,(H2,24,25);(H,6,7). The van der Waals surface area contributed by atoms with E-state index in [1.165, 1.54) is 4.90 Å². The van der Waals surface area contributed by atoms with Crippen molar-refractivity contribution >= 4 is 17.8 Å². The number of alkyl halides is 3. The van der Waals surface area contributed by atoms with Crippen LogP contribution in [0.5, 0.6) is 5.75 Å². The summed E-state index contributed by atoms with van der Waals surface area (Å²) < 4.78 is 37.6. The topological polar surface area (TPSA) is 105 Å². The lowest BCUT2D eigenvalue weighted by Crippen LogP contribution is -2.41. The summed E-state index contributed by atoms with van der Waals surface area (Å²) in [6.07, 6.45) is -5.08. The number of aliphatic imine (C=N–C) groups is 1. The van der Waals surface area contributed by atoms with Gasteiger partial charge in [0.25, 0.3) is 5.91 Å². The molecule has 0 aliphatic carbocycles. The number of hydrogen-bond donors (Lipinski definition) is 2. The zero-order valence-corrected chi connectivity index (χ0v) is 18.8. The number of nitrogens with zero attached hydrogens (tertiary/aromatic N) is 2. The molecule has 0 aromatic heterocycles. The Balaban J connectivity index is 0.000000429. The highest BCUT2D eigenvalue weighted by molar-refractivity contribution is 6.09. The van der Waals surface area contributed by atoms with Gasteiger partial charge in [-0.2, -0.15) is 13.2 Å². The summed E-state index contributed by atoms with van der Waals surface area (Å²) in [4.78, 5) is 28.4. The van der Waals surface area contributed by atoms with E-state index in [2.05, 4.69) is 4.99 Å². The Morgan fingerprint density at radius 3 is 2.00 bits per heavy atom. The third kappa shape index (κ3) is 4.81. The first-order chi connectivity index (χ1) is 16.5. The lowest BCUT2D eigenvalue weighted by atomic mass is 9.81. The predicted molar refractivity (Wildman–Crippen MR) is 124 cm³/mol. The molecular weight excluding hydrogens is 463 g/mol. The van der Waals surface area contributed by atoms with E-state index >= 15 is 0 Å². The molecule has 182 valence electrons. The molecule has 1 unspecified atom stereocenters. The van der Waals surface area contributed by atoms with Gasteiger partial charge in [0, 0.05) is 18.2 Å². The van der Waals surface area contributed by atoms with Gasteiger partial charge in [-0.3, -0.25) is 9.69 Å². The maximum absolute atomic E-state index is 13.4. The number of carbonyl (C=O) groups excluding carboxylic acids is 1. The van der Waals surface area contributed by atoms with Crippen molar-refractivity contribution in [3.8, 4) is 16.9 Å². The summed E-state index contributed by atoms with van der Waals surface area (Å²) >= 11 is 0. The fraction of sp³-hybridized carbons (Fsp3) is 0.160. The van der Waals surface area contributed by atoms with Crippen molar-refractivity contribution in [1.82, 2.24) is 4.90 Å². The lowest BCUT2D eigenvalue weighted by Gasteiger charge is -2.28. The minimum Gasteiger partial charge on any atom is -0.496 e. The largest absolute Gasteiger partial charge is 0.496 e. The lowest BCUT2D eigenvalue weighted by molar-refractivity contribution is -0.192. The number of carbonyl (C=O) groups is 2. The van der Waals surface area contributed by atoms with Crippen molar-refractivity contribution in [1.29, 1.82) is 0 Å². The highest BCUT2D eigenvalue weighted by atomic mass is 19.4. The zero-order chi connectivity index (χ0) is 25.8. The Kier molecular flexibility index (Phi) is 7.14. The van der Waals surface area contributed by atoms with Gasteiger partial charge < -0.3 is 15.6 Å². The number of ether oxygens (including phenoxy) is 1. The van der Waals surface area contributed by atoms with E-state index in [1.54, 1.807) is 14.2 Å². The molecule has 0 fully saturated rings. The number of carboxylic acids is 1. The summed E-state index contributed by atoms with van der Waals surface area (Å²) in [7, 11) is 3.25. The molecule has 1 amide bonds. The molecular formula is C25H22F3N3O4. The van der Waals surface area contributed by atoms with Crippen LogP contribution in [0.1, 0.15) is 11.1 Å². The zero-order valence-electron chi connectivity index (χ0n) is 18.8. The minimum absolute atomic E-state index is 0.182. The van der Waals surface area contributed by atoms with Gasteiger partial charge in [0.15, 0.2) is 11.5 Å². The number of hydrogen-bond acceptors (Lipinski definition) is 5. The third-order valence-electron chi connectivity index (χ3n) is 5.37. The number of carboxylic acid groups (broad SMARTS) is 1. The van der Waals surface area contributed by atoms with Gasteiger partial charge >= 0.3 is 12.1 Å². The first kappa shape index (κ1) is 25.3. The average molecular weight is 485 g/mol. The van der Waals surface area contributed by atoms with Crippen molar-refractivity contribution in [3.63, 3.8) is 0 Å². The Labute approximate surface area is 199 Å². The van der Waals surface area contributed by atoms with Crippen molar-refractivity contribution < 1.29 is 32.6 Å². The number of benzene rings is 3. The number of rotatable bonds is 4. The highest BCUT2D eigenvalue weighted by Crippen LogP contribution is 2.46. The minimum atomic E-state index is -5.08. The Hall–Kier alpha value is -4.34. The Morgan fingerprint density at radius 2 is 1.54 bits per heavy atom. The van der Waals surface area contributed by atoms with Crippen LogP contribution in [0, 0.1) is 0 Å². The summed E-state index contributed by atoms with van der Waals surface area (Å²) in [6.45, 7) is 0. The molecule has 10 heteroatoms.